The Morgan fingerprint density at radius 2 is 1.77 bits per heavy atom. The molecule has 8 heteroatoms. The summed E-state index contributed by atoms with van der Waals surface area (Å²) in [4.78, 5) is 29.2. The van der Waals surface area contributed by atoms with E-state index >= 15 is 0 Å². The Morgan fingerprint density at radius 1 is 0.949 bits per heavy atom. The van der Waals surface area contributed by atoms with E-state index in [1.807, 2.05) is 32.0 Å². The van der Waals surface area contributed by atoms with Crippen LogP contribution in [0.2, 0.25) is 0 Å². The second kappa shape index (κ2) is 9.79. The lowest BCUT2D eigenvalue weighted by molar-refractivity contribution is -0.118. The number of nitrogens with one attached hydrogen (secondary N) is 3. The standard InChI is InChI=1S/C31H27FN6O/c1-17(2)31(39)36-21-11-20(13-33-14-21)19-8-9-27-23(12-19)24(10-18(3)35-27)30-37-28-16-34-15-25(29(28)38-30)22-6-4-5-7-26(22)32/h4-18,35H,1-3H3,(H,36,39)(H,37,38)/t18-/m1/s1. The van der Waals surface area contributed by atoms with Gasteiger partial charge in [-0.25, -0.2) is 9.37 Å². The Bertz CT molecular complexity index is 1760. The first-order chi connectivity index (χ1) is 18.9. The van der Waals surface area contributed by atoms with Gasteiger partial charge in [-0.15, -0.1) is 0 Å². The average Bonchev–Trinajstić information content (AvgIpc) is 3.37. The van der Waals surface area contributed by atoms with Crippen molar-refractivity contribution in [3.05, 3.63) is 96.6 Å². The molecule has 6 rings (SSSR count). The number of halogens is 1. The Kier molecular flexibility index (Phi) is 6.15. The summed E-state index contributed by atoms with van der Waals surface area (Å²) in [5.74, 6) is 0.174. The second-order valence-electron chi connectivity index (χ2n) is 10.0. The maximum absolute atomic E-state index is 14.6. The van der Waals surface area contributed by atoms with E-state index in [1.165, 1.54) is 6.07 Å². The number of imidazole rings is 1. The minimum absolute atomic E-state index is 0.0584. The molecule has 1 amide bonds. The maximum atomic E-state index is 14.6. The molecule has 3 N–H and O–H groups in total. The van der Waals surface area contributed by atoms with Gasteiger partial charge in [0.2, 0.25) is 5.91 Å². The van der Waals surface area contributed by atoms with E-state index in [0.29, 0.717) is 28.2 Å². The molecule has 194 valence electrons. The van der Waals surface area contributed by atoms with Crippen LogP contribution < -0.4 is 10.6 Å². The Labute approximate surface area is 225 Å². The van der Waals surface area contributed by atoms with E-state index in [9.17, 15) is 9.18 Å². The summed E-state index contributed by atoms with van der Waals surface area (Å²) in [6.45, 7) is 5.79. The molecular formula is C31H27FN6O. The zero-order valence-electron chi connectivity index (χ0n) is 21.8. The number of carbonyl (C=O) groups is 1. The first-order valence-corrected chi connectivity index (χ1v) is 12.9. The number of carbonyl (C=O) groups excluding carboxylic acids is 1. The SMILES string of the molecule is CC(C)C(=O)Nc1cncc(-c2ccc3c(c2)C(c2nc4c(-c5ccccc5F)cncc4[nH]2)=C[C@@H](C)N3)c1. The van der Waals surface area contributed by atoms with Gasteiger partial charge in [0.15, 0.2) is 0 Å². The summed E-state index contributed by atoms with van der Waals surface area (Å²) < 4.78 is 14.6. The monoisotopic (exact) mass is 518 g/mol. The zero-order valence-corrected chi connectivity index (χ0v) is 21.8. The summed E-state index contributed by atoms with van der Waals surface area (Å²) in [6, 6.07) is 14.8. The molecule has 0 aliphatic carbocycles. The molecule has 4 heterocycles. The molecular weight excluding hydrogens is 491 g/mol. The van der Waals surface area contributed by atoms with Crippen LogP contribution >= 0.6 is 0 Å². The van der Waals surface area contributed by atoms with Crippen molar-refractivity contribution in [1.29, 1.82) is 0 Å². The Hall–Kier alpha value is -4.85. The highest BCUT2D eigenvalue weighted by molar-refractivity contribution is 5.96. The average molecular weight is 519 g/mol. The van der Waals surface area contributed by atoms with Crippen LogP contribution in [0.1, 0.15) is 32.2 Å². The molecule has 1 atom stereocenters. The summed E-state index contributed by atoms with van der Waals surface area (Å²) in [5, 5.41) is 6.43. The van der Waals surface area contributed by atoms with Crippen molar-refractivity contribution in [2.24, 2.45) is 5.92 Å². The van der Waals surface area contributed by atoms with Gasteiger partial charge in [0.05, 0.1) is 23.6 Å². The van der Waals surface area contributed by atoms with Gasteiger partial charge in [0.25, 0.3) is 0 Å². The van der Waals surface area contributed by atoms with Crippen LogP contribution in [0.3, 0.4) is 0 Å². The minimum atomic E-state index is -0.318. The third-order valence-electron chi connectivity index (χ3n) is 6.79. The van der Waals surface area contributed by atoms with Crippen molar-refractivity contribution >= 4 is 33.9 Å². The molecule has 0 saturated carbocycles. The van der Waals surface area contributed by atoms with Gasteiger partial charge in [0.1, 0.15) is 17.2 Å². The fraction of sp³-hybridized carbons (Fsp3) is 0.161. The van der Waals surface area contributed by atoms with Gasteiger partial charge in [-0.2, -0.15) is 0 Å². The van der Waals surface area contributed by atoms with Crippen LogP contribution in [0.4, 0.5) is 15.8 Å². The maximum Gasteiger partial charge on any atom is 0.226 e. The van der Waals surface area contributed by atoms with E-state index in [0.717, 1.165) is 33.5 Å². The molecule has 7 nitrogen and oxygen atoms in total. The number of hydrogen-bond acceptors (Lipinski definition) is 5. The molecule has 2 aromatic carbocycles. The quantitative estimate of drug-likeness (QED) is 0.242. The first-order valence-electron chi connectivity index (χ1n) is 12.9. The highest BCUT2D eigenvalue weighted by atomic mass is 19.1. The Balaban J connectivity index is 1.42. The molecule has 1 aliphatic heterocycles. The van der Waals surface area contributed by atoms with Crippen molar-refractivity contribution in [2.45, 2.75) is 26.8 Å². The normalized spacial score (nSPS) is 14.6. The highest BCUT2D eigenvalue weighted by Crippen LogP contribution is 2.38. The number of benzene rings is 2. The van der Waals surface area contributed by atoms with Crippen LogP contribution in [0.15, 0.2) is 79.4 Å². The lowest BCUT2D eigenvalue weighted by Crippen LogP contribution is -2.19. The molecule has 39 heavy (non-hydrogen) atoms. The number of H-pyrrole nitrogens is 1. The van der Waals surface area contributed by atoms with Crippen molar-refractivity contribution in [2.75, 3.05) is 10.6 Å². The van der Waals surface area contributed by atoms with Crippen LogP contribution in [0.25, 0.3) is 38.9 Å². The number of anilines is 2. The topological polar surface area (TPSA) is 95.6 Å². The largest absolute Gasteiger partial charge is 0.379 e. The van der Waals surface area contributed by atoms with E-state index in [-0.39, 0.29) is 23.7 Å². The van der Waals surface area contributed by atoms with Gasteiger partial charge in [-0.3, -0.25) is 14.8 Å². The van der Waals surface area contributed by atoms with Crippen LogP contribution in [-0.4, -0.2) is 31.9 Å². The van der Waals surface area contributed by atoms with Gasteiger partial charge >= 0.3 is 0 Å². The summed E-state index contributed by atoms with van der Waals surface area (Å²) in [6.07, 6.45) is 8.91. The second-order valence-corrected chi connectivity index (χ2v) is 10.0. The molecule has 0 bridgehead atoms. The highest BCUT2D eigenvalue weighted by Gasteiger charge is 2.22. The molecule has 0 saturated heterocycles. The van der Waals surface area contributed by atoms with Crippen molar-refractivity contribution in [3.63, 3.8) is 0 Å². The van der Waals surface area contributed by atoms with Crippen LogP contribution in [0.5, 0.6) is 0 Å². The van der Waals surface area contributed by atoms with Crippen molar-refractivity contribution in [3.8, 4) is 22.3 Å². The molecule has 0 fully saturated rings. The number of aromatic nitrogens is 4. The van der Waals surface area contributed by atoms with E-state index < -0.39 is 0 Å². The van der Waals surface area contributed by atoms with Crippen molar-refractivity contribution < 1.29 is 9.18 Å². The number of hydrogen-bond donors (Lipinski definition) is 3. The molecule has 3 aromatic heterocycles. The fourth-order valence-electron chi connectivity index (χ4n) is 4.80. The van der Waals surface area contributed by atoms with Gasteiger partial charge in [-0.1, -0.05) is 44.2 Å². The van der Waals surface area contributed by atoms with Crippen LogP contribution in [-0.2, 0) is 4.79 Å². The van der Waals surface area contributed by atoms with Gasteiger partial charge in [-0.05, 0) is 36.8 Å². The molecule has 1 aliphatic rings. The van der Waals surface area contributed by atoms with Crippen molar-refractivity contribution in [1.82, 2.24) is 19.9 Å². The molecule has 0 unspecified atom stereocenters. The molecule has 5 aromatic rings. The number of aromatic amines is 1. The lowest BCUT2D eigenvalue weighted by Gasteiger charge is -2.24. The minimum Gasteiger partial charge on any atom is -0.379 e. The first kappa shape index (κ1) is 24.5. The predicted molar refractivity (Wildman–Crippen MR) is 153 cm³/mol. The van der Waals surface area contributed by atoms with Gasteiger partial charge in [0, 0.05) is 57.9 Å². The lowest BCUT2D eigenvalue weighted by atomic mass is 9.93. The van der Waals surface area contributed by atoms with E-state index in [2.05, 4.69) is 44.7 Å². The molecule has 0 radical (unpaired) electrons. The number of nitrogens with zero attached hydrogens (tertiary/aromatic N) is 3. The van der Waals surface area contributed by atoms with Crippen LogP contribution in [0, 0.1) is 11.7 Å². The summed E-state index contributed by atoms with van der Waals surface area (Å²) in [7, 11) is 0. The predicted octanol–water partition coefficient (Wildman–Crippen LogP) is 6.67. The third kappa shape index (κ3) is 4.65. The molecule has 0 spiro atoms. The summed E-state index contributed by atoms with van der Waals surface area (Å²) in [5.41, 5.74) is 7.86. The number of rotatable bonds is 5. The summed E-state index contributed by atoms with van der Waals surface area (Å²) >= 11 is 0. The van der Waals surface area contributed by atoms with E-state index in [1.54, 1.807) is 43.0 Å². The zero-order chi connectivity index (χ0) is 27.1. The number of fused-ring (bicyclic) bond motifs is 2. The Morgan fingerprint density at radius 3 is 2.59 bits per heavy atom. The fourth-order valence-corrected chi connectivity index (χ4v) is 4.80. The third-order valence-corrected chi connectivity index (χ3v) is 6.79. The number of amides is 1. The van der Waals surface area contributed by atoms with Gasteiger partial charge < -0.3 is 15.6 Å². The smallest absolute Gasteiger partial charge is 0.226 e. The number of pyridine rings is 2. The van der Waals surface area contributed by atoms with E-state index in [4.69, 9.17) is 4.98 Å².